The highest BCUT2D eigenvalue weighted by molar-refractivity contribution is 9.09. The second-order valence-corrected chi connectivity index (χ2v) is 15.5. The van der Waals surface area contributed by atoms with Crippen LogP contribution in [0.2, 0.25) is 0 Å². The number of nitrogens with zero attached hydrogens (tertiary/aromatic N) is 3. The Morgan fingerprint density at radius 1 is 0.958 bits per heavy atom. The van der Waals surface area contributed by atoms with Crippen molar-refractivity contribution in [2.75, 3.05) is 18.5 Å². The van der Waals surface area contributed by atoms with E-state index in [9.17, 15) is 24.3 Å². The van der Waals surface area contributed by atoms with Crippen LogP contribution < -0.4 is 4.74 Å². The van der Waals surface area contributed by atoms with Gasteiger partial charge in [-0.15, -0.1) is 23.2 Å². The van der Waals surface area contributed by atoms with Crippen molar-refractivity contribution in [3.8, 4) is 11.5 Å². The van der Waals surface area contributed by atoms with Crippen molar-refractivity contribution in [2.24, 2.45) is 23.7 Å². The van der Waals surface area contributed by atoms with E-state index in [0.29, 0.717) is 36.1 Å². The molecule has 6 unspecified atom stereocenters. The van der Waals surface area contributed by atoms with Crippen LogP contribution in [-0.4, -0.2) is 77.8 Å². The summed E-state index contributed by atoms with van der Waals surface area (Å²) in [7, 11) is 0. The van der Waals surface area contributed by atoms with E-state index in [1.165, 1.54) is 16.5 Å². The van der Waals surface area contributed by atoms with Gasteiger partial charge in [-0.2, -0.15) is 0 Å². The number of alkyl halides is 3. The number of benzene rings is 2. The molecule has 2 aromatic rings. The first-order valence-electron chi connectivity index (χ1n) is 16.4. The molecule has 4 heterocycles. The summed E-state index contributed by atoms with van der Waals surface area (Å²) in [6, 6.07) is 14.8. The summed E-state index contributed by atoms with van der Waals surface area (Å²) in [5.41, 5.74) is 3.17. The van der Waals surface area contributed by atoms with E-state index in [2.05, 4.69) is 33.0 Å². The Morgan fingerprint density at radius 2 is 1.71 bits per heavy atom. The number of phenols is 1. The van der Waals surface area contributed by atoms with E-state index < -0.39 is 45.2 Å². The lowest BCUT2D eigenvalue weighted by molar-refractivity contribution is -0.144. The third-order valence-corrected chi connectivity index (χ3v) is 13.3. The average molecular weight is 755 g/mol. The number of hydrogen-bond acceptors (Lipinski definition) is 7. The maximum Gasteiger partial charge on any atom is 0.254 e. The maximum atomic E-state index is 14.5. The van der Waals surface area contributed by atoms with Crippen molar-refractivity contribution >= 4 is 62.8 Å². The summed E-state index contributed by atoms with van der Waals surface area (Å²) < 4.78 is 5.98. The van der Waals surface area contributed by atoms with E-state index in [1.807, 2.05) is 24.3 Å². The number of imide groups is 2. The first kappa shape index (κ1) is 32.0. The van der Waals surface area contributed by atoms with Gasteiger partial charge in [0, 0.05) is 43.6 Å². The summed E-state index contributed by atoms with van der Waals surface area (Å²) in [5.74, 6) is -3.80. The van der Waals surface area contributed by atoms with E-state index in [4.69, 9.17) is 27.9 Å². The quantitative estimate of drug-likeness (QED) is 0.196. The van der Waals surface area contributed by atoms with Gasteiger partial charge in [0.2, 0.25) is 11.8 Å². The molecular formula is C36H34BrCl2N3O6. The van der Waals surface area contributed by atoms with Gasteiger partial charge in [0.1, 0.15) is 11.5 Å². The average Bonchev–Trinajstić information content (AvgIpc) is 3.42. The first-order valence-corrected chi connectivity index (χ1v) is 18.3. The Bertz CT molecular complexity index is 1790. The fourth-order valence-corrected chi connectivity index (χ4v) is 10.6. The number of hydrogen-bond donors (Lipinski definition) is 1. The van der Waals surface area contributed by atoms with E-state index in [0.717, 1.165) is 30.1 Å². The van der Waals surface area contributed by atoms with Crippen LogP contribution in [0.4, 0.5) is 0 Å². The zero-order valence-corrected chi connectivity index (χ0v) is 29.1. The smallest absolute Gasteiger partial charge is 0.254 e. The normalized spacial score (nSPS) is 33.5. The number of carbonyl (C=O) groups is 4. The molecule has 12 heteroatoms. The van der Waals surface area contributed by atoms with Gasteiger partial charge in [-0.1, -0.05) is 57.9 Å². The molecule has 0 spiro atoms. The van der Waals surface area contributed by atoms with Gasteiger partial charge in [-0.25, -0.2) is 0 Å². The Labute approximate surface area is 296 Å². The minimum Gasteiger partial charge on any atom is -0.508 e. The van der Waals surface area contributed by atoms with Crippen LogP contribution in [0.5, 0.6) is 11.5 Å². The highest BCUT2D eigenvalue weighted by Crippen LogP contribution is 2.65. The predicted octanol–water partition coefficient (Wildman–Crippen LogP) is 5.12. The predicted molar refractivity (Wildman–Crippen MR) is 181 cm³/mol. The highest BCUT2D eigenvalue weighted by atomic mass is 79.9. The van der Waals surface area contributed by atoms with E-state index in [-0.39, 0.29) is 41.9 Å². The maximum absolute atomic E-state index is 14.5. The fraction of sp³-hybridized carbons (Fsp3) is 0.444. The van der Waals surface area contributed by atoms with Crippen molar-refractivity contribution < 1.29 is 29.0 Å². The summed E-state index contributed by atoms with van der Waals surface area (Å²) in [5, 5.41) is 10.2. The van der Waals surface area contributed by atoms with Crippen molar-refractivity contribution in [1.29, 1.82) is 0 Å². The second-order valence-electron chi connectivity index (χ2n) is 13.8. The van der Waals surface area contributed by atoms with Crippen LogP contribution in [0.15, 0.2) is 72.0 Å². The summed E-state index contributed by atoms with van der Waals surface area (Å²) in [6.07, 6.45) is 5.41. The van der Waals surface area contributed by atoms with Gasteiger partial charge < -0.3 is 9.84 Å². The molecule has 3 saturated heterocycles. The molecule has 48 heavy (non-hydrogen) atoms. The van der Waals surface area contributed by atoms with Crippen LogP contribution >= 0.6 is 39.1 Å². The van der Waals surface area contributed by atoms with Crippen molar-refractivity contribution in [2.45, 2.75) is 54.4 Å². The molecule has 6 aliphatic rings. The molecule has 9 nitrogen and oxygen atoms in total. The lowest BCUT2D eigenvalue weighted by Gasteiger charge is -2.51. The number of allylic oxidation sites excluding steroid dienone is 3. The molecule has 4 aliphatic heterocycles. The highest BCUT2D eigenvalue weighted by Gasteiger charge is 2.76. The molecule has 1 N–H and O–H groups in total. The molecule has 2 aromatic carbocycles. The molecule has 0 bridgehead atoms. The number of likely N-dealkylation sites (tertiary alicyclic amines) is 3. The summed E-state index contributed by atoms with van der Waals surface area (Å²) in [6.45, 7) is 2.35. The lowest BCUT2D eigenvalue weighted by atomic mass is 9.56. The van der Waals surface area contributed by atoms with Gasteiger partial charge in [0.05, 0.1) is 23.6 Å². The molecule has 250 valence electrons. The van der Waals surface area contributed by atoms with E-state index >= 15 is 0 Å². The molecule has 0 radical (unpaired) electrons. The van der Waals surface area contributed by atoms with E-state index in [1.54, 1.807) is 18.4 Å². The van der Waals surface area contributed by atoms with Crippen LogP contribution in [-0.2, 0) is 32.1 Å². The number of piperidine rings is 1. The number of aromatic hydroxyl groups is 1. The molecular weight excluding hydrogens is 721 g/mol. The Hall–Kier alpha value is -3.18. The SMILES string of the molecule is O=C1C2CC=C3C(CC4(Cl)C(=O)N(CBr)C(=O)C4(Cl)C3C3=COc4ccc(O)cc4C3)C2C(=O)N1C1CCN(Cc2ccccc2)CC1. The van der Waals surface area contributed by atoms with Crippen molar-refractivity contribution in [1.82, 2.24) is 14.7 Å². The number of rotatable bonds is 5. The van der Waals surface area contributed by atoms with Crippen LogP contribution in [0, 0.1) is 23.7 Å². The summed E-state index contributed by atoms with van der Waals surface area (Å²) >= 11 is 18.0. The van der Waals surface area contributed by atoms with Gasteiger partial charge >= 0.3 is 0 Å². The topological polar surface area (TPSA) is 107 Å². The molecule has 8 rings (SSSR count). The number of amides is 4. The molecule has 6 atom stereocenters. The van der Waals surface area contributed by atoms with Crippen LogP contribution in [0.1, 0.15) is 36.8 Å². The van der Waals surface area contributed by atoms with Gasteiger partial charge in [0.25, 0.3) is 11.8 Å². The Morgan fingerprint density at radius 3 is 2.44 bits per heavy atom. The van der Waals surface area contributed by atoms with Crippen molar-refractivity contribution in [3.63, 3.8) is 0 Å². The minimum atomic E-state index is -1.89. The van der Waals surface area contributed by atoms with Gasteiger partial charge in [-0.3, -0.25) is 33.9 Å². The zero-order chi connectivity index (χ0) is 33.5. The second kappa shape index (κ2) is 11.7. The van der Waals surface area contributed by atoms with Crippen molar-refractivity contribution in [3.05, 3.63) is 83.1 Å². The van der Waals surface area contributed by atoms with Crippen LogP contribution in [0.3, 0.4) is 0 Å². The standard InChI is InChI=1S/C36H34BrCl2N3O6/c37-19-41-33(46)35(38)16-27-25(30(36(35,39)34(41)47)22-14-21-15-24(43)6-9-28(21)48-18-22)7-8-26-29(27)32(45)42(31(26)44)23-10-12-40(13-11-23)17-20-4-2-1-3-5-20/h1-7,9,15,18,23,26-27,29-30,43H,8,10-14,16-17,19H2. The number of halogens is 3. The van der Waals surface area contributed by atoms with Gasteiger partial charge in [-0.05, 0) is 60.9 Å². The molecule has 4 fully saturated rings. The number of carbonyl (C=O) groups excluding carboxylic acids is 4. The monoisotopic (exact) mass is 753 g/mol. The summed E-state index contributed by atoms with van der Waals surface area (Å²) in [4.78, 5) is 57.6. The third kappa shape index (κ3) is 4.58. The zero-order valence-electron chi connectivity index (χ0n) is 26.0. The number of phenolic OH excluding ortho intramolecular Hbond substituents is 1. The fourth-order valence-electron chi connectivity index (χ4n) is 9.13. The first-order chi connectivity index (χ1) is 23.1. The Kier molecular flexibility index (Phi) is 7.82. The molecule has 4 amide bonds. The lowest BCUT2D eigenvalue weighted by Crippen LogP contribution is -2.61. The van der Waals surface area contributed by atoms with Gasteiger partial charge in [0.15, 0.2) is 9.75 Å². The molecule has 2 aliphatic carbocycles. The number of fused-ring (bicyclic) bond motifs is 5. The minimum absolute atomic E-state index is 0.0521. The Balaban J connectivity index is 1.12. The molecule has 0 aromatic heterocycles. The largest absolute Gasteiger partial charge is 0.508 e. The number of ether oxygens (including phenoxy) is 1. The molecule has 1 saturated carbocycles. The van der Waals surface area contributed by atoms with Crippen LogP contribution in [0.25, 0.3) is 0 Å². The third-order valence-electron chi connectivity index (χ3n) is 11.4.